The Morgan fingerprint density at radius 1 is 1.35 bits per heavy atom. The predicted molar refractivity (Wildman–Crippen MR) is 81.6 cm³/mol. The Bertz CT molecular complexity index is 553. The number of nitrogens with zero attached hydrogens (tertiary/aromatic N) is 1. The van der Waals surface area contributed by atoms with Crippen LogP contribution in [0.5, 0.6) is 0 Å². The molecule has 0 radical (unpaired) electrons. The van der Waals surface area contributed by atoms with E-state index >= 15 is 0 Å². The Balaban J connectivity index is 2.90. The number of sulfonamides is 1. The highest BCUT2D eigenvalue weighted by atomic mass is 79.9. The van der Waals surface area contributed by atoms with Gasteiger partial charge in [0.1, 0.15) is 5.82 Å². The first-order valence-electron chi connectivity index (χ1n) is 6.26. The van der Waals surface area contributed by atoms with Crippen LogP contribution in [-0.2, 0) is 10.0 Å². The van der Waals surface area contributed by atoms with E-state index in [0.29, 0.717) is 12.5 Å². The lowest BCUT2D eigenvalue weighted by atomic mass is 10.0. The van der Waals surface area contributed by atoms with Crippen molar-refractivity contribution in [2.75, 3.05) is 20.6 Å². The van der Waals surface area contributed by atoms with Crippen LogP contribution in [0.1, 0.15) is 13.8 Å². The topological polar surface area (TPSA) is 49.4 Å². The number of rotatable bonds is 6. The van der Waals surface area contributed by atoms with Crippen LogP contribution in [0.3, 0.4) is 0 Å². The molecule has 1 aromatic rings. The van der Waals surface area contributed by atoms with Gasteiger partial charge in [-0.15, -0.1) is 0 Å². The van der Waals surface area contributed by atoms with Crippen LogP contribution >= 0.6 is 15.9 Å². The third-order valence-corrected chi connectivity index (χ3v) is 5.50. The van der Waals surface area contributed by atoms with E-state index in [0.717, 1.165) is 12.1 Å². The molecule has 0 aliphatic rings. The van der Waals surface area contributed by atoms with Gasteiger partial charge in [-0.2, -0.15) is 0 Å². The largest absolute Gasteiger partial charge is 0.305 e. The molecule has 0 fully saturated rings. The van der Waals surface area contributed by atoms with Gasteiger partial charge in [-0.05, 0) is 54.1 Å². The number of likely N-dealkylation sites (N-methyl/N-ethyl adjacent to an activating group) is 1. The van der Waals surface area contributed by atoms with Gasteiger partial charge >= 0.3 is 0 Å². The standard InChI is InChI=1S/C13H20BrFN2O2S/c1-9(2)12(17(3)4)8-16-20(18,19)13-6-5-10(15)7-11(13)14/h5-7,9,12,16H,8H2,1-4H3. The minimum Gasteiger partial charge on any atom is -0.305 e. The van der Waals surface area contributed by atoms with Crippen molar-refractivity contribution in [2.45, 2.75) is 24.8 Å². The summed E-state index contributed by atoms with van der Waals surface area (Å²) in [5.74, 6) is -0.173. The first-order chi connectivity index (χ1) is 9.15. The van der Waals surface area contributed by atoms with Crippen molar-refractivity contribution in [3.8, 4) is 0 Å². The maximum atomic E-state index is 13.0. The van der Waals surface area contributed by atoms with E-state index in [1.54, 1.807) is 0 Å². The lowest BCUT2D eigenvalue weighted by Gasteiger charge is -2.28. The average molecular weight is 367 g/mol. The molecule has 1 N–H and O–H groups in total. The van der Waals surface area contributed by atoms with Gasteiger partial charge in [0, 0.05) is 17.1 Å². The zero-order chi connectivity index (χ0) is 15.5. The minimum atomic E-state index is -3.66. The highest BCUT2D eigenvalue weighted by Crippen LogP contribution is 2.22. The van der Waals surface area contributed by atoms with Gasteiger partial charge in [0.05, 0.1) is 4.90 Å². The molecule has 0 heterocycles. The molecule has 114 valence electrons. The van der Waals surface area contributed by atoms with Gasteiger partial charge < -0.3 is 4.90 Å². The Hall–Kier alpha value is -0.500. The minimum absolute atomic E-state index is 0.0418. The lowest BCUT2D eigenvalue weighted by molar-refractivity contribution is 0.233. The Labute approximate surface area is 128 Å². The summed E-state index contributed by atoms with van der Waals surface area (Å²) in [6, 6.07) is 3.61. The van der Waals surface area contributed by atoms with E-state index in [2.05, 4.69) is 20.7 Å². The highest BCUT2D eigenvalue weighted by molar-refractivity contribution is 9.10. The summed E-state index contributed by atoms with van der Waals surface area (Å²) >= 11 is 3.08. The monoisotopic (exact) mass is 366 g/mol. The number of benzene rings is 1. The molecule has 0 bridgehead atoms. The molecule has 0 amide bonds. The SMILES string of the molecule is CC(C)C(CNS(=O)(=O)c1ccc(F)cc1Br)N(C)C. The van der Waals surface area contributed by atoms with E-state index in [4.69, 9.17) is 0 Å². The van der Waals surface area contributed by atoms with Crippen molar-refractivity contribution in [2.24, 2.45) is 5.92 Å². The molecule has 1 aromatic carbocycles. The molecule has 1 rings (SSSR count). The predicted octanol–water partition coefficient (Wildman–Crippen LogP) is 2.45. The fourth-order valence-electron chi connectivity index (χ4n) is 1.98. The summed E-state index contributed by atoms with van der Waals surface area (Å²) < 4.78 is 40.3. The summed E-state index contributed by atoms with van der Waals surface area (Å²) in [6.07, 6.45) is 0. The van der Waals surface area contributed by atoms with Crippen molar-refractivity contribution in [1.29, 1.82) is 0 Å². The van der Waals surface area contributed by atoms with E-state index in [1.807, 2.05) is 32.8 Å². The van der Waals surface area contributed by atoms with Crippen LogP contribution in [-0.4, -0.2) is 40.0 Å². The van der Waals surface area contributed by atoms with Crippen LogP contribution in [0.15, 0.2) is 27.6 Å². The van der Waals surface area contributed by atoms with Gasteiger partial charge in [-0.1, -0.05) is 13.8 Å². The molecule has 0 aliphatic carbocycles. The average Bonchev–Trinajstić information content (AvgIpc) is 2.26. The summed E-state index contributed by atoms with van der Waals surface area (Å²) in [7, 11) is 0.159. The van der Waals surface area contributed by atoms with Crippen LogP contribution in [0.2, 0.25) is 0 Å². The molecule has 0 aromatic heterocycles. The summed E-state index contributed by atoms with van der Waals surface area (Å²) in [5, 5.41) is 0. The zero-order valence-electron chi connectivity index (χ0n) is 12.0. The first kappa shape index (κ1) is 17.6. The van der Waals surface area contributed by atoms with Crippen molar-refractivity contribution < 1.29 is 12.8 Å². The third-order valence-electron chi connectivity index (χ3n) is 3.10. The second-order valence-corrected chi connectivity index (χ2v) is 7.79. The molecule has 7 heteroatoms. The van der Waals surface area contributed by atoms with E-state index in [9.17, 15) is 12.8 Å². The Morgan fingerprint density at radius 2 is 1.95 bits per heavy atom. The van der Waals surface area contributed by atoms with Gasteiger partial charge in [0.15, 0.2) is 0 Å². The quantitative estimate of drug-likeness (QED) is 0.840. The van der Waals surface area contributed by atoms with E-state index < -0.39 is 15.8 Å². The van der Waals surface area contributed by atoms with Gasteiger partial charge in [-0.3, -0.25) is 0 Å². The normalized spacial score (nSPS) is 14.0. The van der Waals surface area contributed by atoms with Crippen molar-refractivity contribution >= 4 is 26.0 Å². The third kappa shape index (κ3) is 4.51. The molecule has 4 nitrogen and oxygen atoms in total. The summed E-state index contributed by atoms with van der Waals surface area (Å²) in [6.45, 7) is 4.37. The number of hydrogen-bond donors (Lipinski definition) is 1. The number of hydrogen-bond acceptors (Lipinski definition) is 3. The molecule has 0 aliphatic heterocycles. The lowest BCUT2D eigenvalue weighted by Crippen LogP contribution is -2.43. The van der Waals surface area contributed by atoms with Crippen LogP contribution in [0.25, 0.3) is 0 Å². The second kappa shape index (κ2) is 6.98. The molecule has 0 spiro atoms. The van der Waals surface area contributed by atoms with Crippen molar-refractivity contribution in [3.05, 3.63) is 28.5 Å². The summed E-state index contributed by atoms with van der Waals surface area (Å²) in [5.41, 5.74) is 0. The highest BCUT2D eigenvalue weighted by Gasteiger charge is 2.22. The molecular weight excluding hydrogens is 347 g/mol. The van der Waals surface area contributed by atoms with Gasteiger partial charge in [-0.25, -0.2) is 17.5 Å². The second-order valence-electron chi connectivity index (χ2n) is 5.20. The Morgan fingerprint density at radius 3 is 2.40 bits per heavy atom. The molecule has 0 saturated carbocycles. The van der Waals surface area contributed by atoms with Crippen LogP contribution < -0.4 is 4.72 Å². The smallest absolute Gasteiger partial charge is 0.241 e. The maximum absolute atomic E-state index is 13.0. The summed E-state index contributed by atoms with van der Waals surface area (Å²) in [4.78, 5) is 2.02. The van der Waals surface area contributed by atoms with E-state index in [1.165, 1.54) is 6.07 Å². The zero-order valence-corrected chi connectivity index (χ0v) is 14.4. The van der Waals surface area contributed by atoms with Crippen LogP contribution in [0, 0.1) is 11.7 Å². The van der Waals surface area contributed by atoms with Crippen LogP contribution in [0.4, 0.5) is 4.39 Å². The number of nitrogens with one attached hydrogen (secondary N) is 1. The Kier molecular flexibility index (Phi) is 6.12. The van der Waals surface area contributed by atoms with E-state index in [-0.39, 0.29) is 15.4 Å². The fraction of sp³-hybridized carbons (Fsp3) is 0.538. The first-order valence-corrected chi connectivity index (χ1v) is 8.54. The van der Waals surface area contributed by atoms with Gasteiger partial charge in [0.25, 0.3) is 0 Å². The molecule has 0 saturated heterocycles. The van der Waals surface area contributed by atoms with Crippen molar-refractivity contribution in [1.82, 2.24) is 9.62 Å². The molecule has 1 atom stereocenters. The van der Waals surface area contributed by atoms with Gasteiger partial charge in [0.2, 0.25) is 10.0 Å². The molecular formula is C13H20BrFN2O2S. The number of halogens is 2. The molecule has 1 unspecified atom stereocenters. The molecule has 20 heavy (non-hydrogen) atoms. The fourth-order valence-corrected chi connectivity index (χ4v) is 4.08. The maximum Gasteiger partial charge on any atom is 0.241 e. The van der Waals surface area contributed by atoms with Crippen molar-refractivity contribution in [3.63, 3.8) is 0 Å².